The first-order valence-corrected chi connectivity index (χ1v) is 8.73. The zero-order chi connectivity index (χ0) is 21.3. The van der Waals surface area contributed by atoms with E-state index in [-0.39, 0.29) is 0 Å². The molecule has 3 rings (SSSR count). The Morgan fingerprint density at radius 3 is 2.00 bits per heavy atom. The van der Waals surface area contributed by atoms with Crippen molar-refractivity contribution >= 4 is 46.3 Å². The number of hydrogen-bond donors (Lipinski definition) is 5. The molecule has 2 aromatic carbocycles. The Balaban J connectivity index is 0.000000370. The number of nitrogens with one attached hydrogen (secondary N) is 4. The molecule has 0 unspecified atom stereocenters. The zero-order valence-corrected chi connectivity index (χ0v) is 15.8. The first kappa shape index (κ1) is 22.0. The second-order valence-corrected chi connectivity index (χ2v) is 6.02. The van der Waals surface area contributed by atoms with Crippen LogP contribution in [0, 0.1) is 0 Å². The maximum atomic E-state index is 10.6. The number of aliphatic carboxylic acids is 1. The highest BCUT2D eigenvalue weighted by molar-refractivity contribution is 7.80. The third-order valence-corrected chi connectivity index (χ3v) is 3.56. The quantitative estimate of drug-likeness (QED) is 0.480. The van der Waals surface area contributed by atoms with Gasteiger partial charge in [0.05, 0.1) is 6.54 Å². The Morgan fingerprint density at radius 2 is 1.52 bits per heavy atom. The van der Waals surface area contributed by atoms with Crippen molar-refractivity contribution in [2.24, 2.45) is 4.99 Å². The molecule has 1 heterocycles. The summed E-state index contributed by atoms with van der Waals surface area (Å²) in [6.07, 6.45) is -5.08. The number of thiocarbonyl (C=S) groups is 1. The second kappa shape index (κ2) is 10.3. The number of hydrogen-bond acceptors (Lipinski definition) is 5. The number of guanidine groups is 1. The van der Waals surface area contributed by atoms with E-state index in [1.54, 1.807) is 0 Å². The fourth-order valence-corrected chi connectivity index (χ4v) is 2.31. The number of carbonyl (C=O) groups is 1. The van der Waals surface area contributed by atoms with Crippen LogP contribution in [0.15, 0.2) is 59.6 Å². The summed E-state index contributed by atoms with van der Waals surface area (Å²) in [5.74, 6) is -1.94. The fourth-order valence-electron chi connectivity index (χ4n) is 2.07. The molecule has 154 valence electrons. The molecular weight excluding hydrogens is 407 g/mol. The van der Waals surface area contributed by atoms with Gasteiger partial charge in [0.2, 0.25) is 0 Å². The number of halogens is 3. The van der Waals surface area contributed by atoms with Crippen LogP contribution in [-0.2, 0) is 4.79 Å². The molecule has 11 heteroatoms. The Bertz CT molecular complexity index is 858. The monoisotopic (exact) mass is 425 g/mol. The molecule has 0 bridgehead atoms. The summed E-state index contributed by atoms with van der Waals surface area (Å²) in [6, 6.07) is 17.7. The van der Waals surface area contributed by atoms with Crippen molar-refractivity contribution < 1.29 is 23.1 Å². The molecule has 1 aliphatic heterocycles. The van der Waals surface area contributed by atoms with Crippen molar-refractivity contribution in [3.63, 3.8) is 0 Å². The lowest BCUT2D eigenvalue weighted by Crippen LogP contribution is -2.26. The summed E-state index contributed by atoms with van der Waals surface area (Å²) in [4.78, 5) is 13.2. The van der Waals surface area contributed by atoms with Crippen LogP contribution in [0.2, 0.25) is 0 Å². The van der Waals surface area contributed by atoms with Gasteiger partial charge in [-0.3, -0.25) is 4.99 Å². The largest absolute Gasteiger partial charge is 0.490 e. The van der Waals surface area contributed by atoms with Gasteiger partial charge in [0.15, 0.2) is 11.1 Å². The fraction of sp³-hybridized carbons (Fsp3) is 0.167. The minimum Gasteiger partial charge on any atom is -0.475 e. The van der Waals surface area contributed by atoms with Crippen LogP contribution < -0.4 is 21.3 Å². The highest BCUT2D eigenvalue weighted by atomic mass is 32.1. The molecule has 0 radical (unpaired) electrons. The van der Waals surface area contributed by atoms with E-state index in [1.165, 1.54) is 0 Å². The van der Waals surface area contributed by atoms with E-state index in [9.17, 15) is 13.2 Å². The molecular formula is C18H18F3N5O2S. The number of aliphatic imine (C=N–C) groups is 1. The van der Waals surface area contributed by atoms with E-state index in [2.05, 4.69) is 26.3 Å². The number of carboxylic acids is 1. The van der Waals surface area contributed by atoms with Crippen LogP contribution in [-0.4, -0.2) is 41.4 Å². The number of benzene rings is 2. The zero-order valence-electron chi connectivity index (χ0n) is 15.0. The van der Waals surface area contributed by atoms with Crippen LogP contribution in [0.3, 0.4) is 0 Å². The van der Waals surface area contributed by atoms with Gasteiger partial charge in [0.25, 0.3) is 0 Å². The highest BCUT2D eigenvalue weighted by Gasteiger charge is 2.38. The maximum Gasteiger partial charge on any atom is 0.490 e. The van der Waals surface area contributed by atoms with Gasteiger partial charge in [0, 0.05) is 23.6 Å². The van der Waals surface area contributed by atoms with E-state index in [0.29, 0.717) is 5.11 Å². The van der Waals surface area contributed by atoms with Crippen LogP contribution in [0.4, 0.5) is 30.2 Å². The third-order valence-electron chi connectivity index (χ3n) is 3.35. The standard InChI is InChI=1S/C16H17N5S.C2HF3O2/c22-16(20-12-4-2-1-3-5-12)21-14-8-6-13(7-9-14)19-15-17-10-11-18-15;3-2(4,5)1(6)7/h1-9H,10-11H2,(H2,17,18,19)(H2,20,21,22);(H,6,7). The molecule has 0 amide bonds. The first-order valence-electron chi connectivity index (χ1n) is 8.32. The second-order valence-electron chi connectivity index (χ2n) is 5.61. The van der Waals surface area contributed by atoms with Crippen molar-refractivity contribution in [3.05, 3.63) is 54.6 Å². The Labute approximate surface area is 170 Å². The molecule has 7 nitrogen and oxygen atoms in total. The number of rotatable bonds is 3. The SMILES string of the molecule is O=C(O)C(F)(F)F.S=C(Nc1ccccc1)Nc1ccc(NC2=NCCN2)cc1. The van der Waals surface area contributed by atoms with Crippen molar-refractivity contribution in [1.29, 1.82) is 0 Å². The minimum atomic E-state index is -5.08. The summed E-state index contributed by atoms with van der Waals surface area (Å²) in [5.41, 5.74) is 2.88. The predicted molar refractivity (Wildman–Crippen MR) is 110 cm³/mol. The highest BCUT2D eigenvalue weighted by Crippen LogP contribution is 2.15. The molecule has 0 saturated carbocycles. The predicted octanol–water partition coefficient (Wildman–Crippen LogP) is 3.50. The van der Waals surface area contributed by atoms with Gasteiger partial charge in [-0.25, -0.2) is 4.79 Å². The molecule has 5 N–H and O–H groups in total. The van der Waals surface area contributed by atoms with E-state index in [1.807, 2.05) is 54.6 Å². The summed E-state index contributed by atoms with van der Waals surface area (Å²) in [7, 11) is 0. The topological polar surface area (TPSA) is 97.8 Å². The average Bonchev–Trinajstić information content (AvgIpc) is 3.17. The number of anilines is 3. The minimum absolute atomic E-state index is 0.564. The molecule has 0 aromatic heterocycles. The summed E-state index contributed by atoms with van der Waals surface area (Å²) in [6.45, 7) is 1.71. The van der Waals surface area contributed by atoms with E-state index in [0.717, 1.165) is 36.1 Å². The molecule has 0 aliphatic carbocycles. The molecule has 29 heavy (non-hydrogen) atoms. The molecule has 0 atom stereocenters. The van der Waals surface area contributed by atoms with Crippen molar-refractivity contribution in [2.75, 3.05) is 29.0 Å². The summed E-state index contributed by atoms with van der Waals surface area (Å²) >= 11 is 5.30. The lowest BCUT2D eigenvalue weighted by molar-refractivity contribution is -0.192. The summed E-state index contributed by atoms with van der Waals surface area (Å²) < 4.78 is 31.7. The number of nitrogens with zero attached hydrogens (tertiary/aromatic N) is 1. The molecule has 0 fully saturated rings. The summed E-state index contributed by atoms with van der Waals surface area (Å²) in [5, 5.41) is 20.4. The van der Waals surface area contributed by atoms with Crippen molar-refractivity contribution in [3.8, 4) is 0 Å². The Hall–Kier alpha value is -3.34. The molecule has 2 aromatic rings. The van der Waals surface area contributed by atoms with Gasteiger partial charge in [-0.1, -0.05) is 18.2 Å². The van der Waals surface area contributed by atoms with E-state index in [4.69, 9.17) is 22.1 Å². The van der Waals surface area contributed by atoms with Crippen LogP contribution in [0.25, 0.3) is 0 Å². The van der Waals surface area contributed by atoms with Crippen LogP contribution >= 0.6 is 12.2 Å². The van der Waals surface area contributed by atoms with Gasteiger partial charge in [-0.05, 0) is 48.6 Å². The first-order chi connectivity index (χ1) is 13.7. The lowest BCUT2D eigenvalue weighted by Gasteiger charge is -2.11. The smallest absolute Gasteiger partial charge is 0.475 e. The molecule has 1 aliphatic rings. The van der Waals surface area contributed by atoms with Crippen LogP contribution in [0.5, 0.6) is 0 Å². The van der Waals surface area contributed by atoms with Crippen LogP contribution in [0.1, 0.15) is 0 Å². The van der Waals surface area contributed by atoms with Crippen molar-refractivity contribution in [1.82, 2.24) is 5.32 Å². The number of para-hydroxylation sites is 1. The van der Waals surface area contributed by atoms with Gasteiger partial charge in [0.1, 0.15) is 0 Å². The van der Waals surface area contributed by atoms with E-state index < -0.39 is 12.1 Å². The Morgan fingerprint density at radius 1 is 1.00 bits per heavy atom. The normalized spacial score (nSPS) is 12.6. The number of alkyl halides is 3. The van der Waals surface area contributed by atoms with Gasteiger partial charge < -0.3 is 26.4 Å². The van der Waals surface area contributed by atoms with Gasteiger partial charge in [-0.2, -0.15) is 13.2 Å². The van der Waals surface area contributed by atoms with E-state index >= 15 is 0 Å². The Kier molecular flexibility index (Phi) is 7.78. The molecule has 0 spiro atoms. The molecule has 0 saturated heterocycles. The van der Waals surface area contributed by atoms with Gasteiger partial charge in [-0.15, -0.1) is 0 Å². The number of carboxylic acid groups (broad SMARTS) is 1. The van der Waals surface area contributed by atoms with Crippen molar-refractivity contribution in [2.45, 2.75) is 6.18 Å². The average molecular weight is 425 g/mol. The third kappa shape index (κ3) is 8.05. The lowest BCUT2D eigenvalue weighted by atomic mass is 10.3. The van der Waals surface area contributed by atoms with Gasteiger partial charge >= 0.3 is 12.1 Å². The maximum absolute atomic E-state index is 10.6.